The highest BCUT2D eigenvalue weighted by atomic mass is 19.1. The van der Waals surface area contributed by atoms with Crippen LogP contribution in [0.2, 0.25) is 0 Å². The van der Waals surface area contributed by atoms with Crippen LogP contribution in [-0.4, -0.2) is 318 Å². The third-order valence-electron chi connectivity index (χ3n) is 13.9. The molecule has 6 heterocycles. The molecule has 0 radical (unpaired) electrons. The summed E-state index contributed by atoms with van der Waals surface area (Å²) >= 11 is 0. The Balaban J connectivity index is 1.20. The molecule has 0 aliphatic carbocycles. The number of halogens is 1. The lowest BCUT2D eigenvalue weighted by atomic mass is 9.94. The highest BCUT2D eigenvalue weighted by molar-refractivity contribution is 5.73. The second-order valence-corrected chi connectivity index (χ2v) is 19.1. The second-order valence-electron chi connectivity index (χ2n) is 19.1. The van der Waals surface area contributed by atoms with E-state index >= 15 is 0 Å². The number of alkyl halides is 1. The molecule has 6 aliphatic heterocycles. The Bertz CT molecular complexity index is 1720. The van der Waals surface area contributed by atoms with E-state index in [2.05, 4.69) is 5.32 Å². The highest BCUT2D eigenvalue weighted by Crippen LogP contribution is 2.37. The van der Waals surface area contributed by atoms with Gasteiger partial charge in [-0.25, -0.2) is 4.39 Å². The number of carbonyl (C=O) groups excluding carboxylic acids is 1. The van der Waals surface area contributed by atoms with Gasteiger partial charge in [0.1, 0.15) is 147 Å². The maximum Gasteiger partial charge on any atom is 0.217 e. The number of carbonyl (C=O) groups is 1. The van der Waals surface area contributed by atoms with E-state index in [9.17, 15) is 90.9 Å². The Hall–Kier alpha value is -1.76. The number of nitrogens with one attached hydrogen (secondary N) is 1. The van der Waals surface area contributed by atoms with E-state index in [4.69, 9.17) is 62.6 Å². The van der Waals surface area contributed by atoms with Gasteiger partial charge in [-0.1, -0.05) is 0 Å². The number of amides is 1. The Morgan fingerprint density at radius 3 is 1.48 bits per heavy atom. The summed E-state index contributed by atoms with van der Waals surface area (Å²) in [6, 6.07) is -1.79. The van der Waals surface area contributed by atoms with E-state index in [1.54, 1.807) is 0 Å². The van der Waals surface area contributed by atoms with E-state index in [-0.39, 0.29) is 6.61 Å². The molecule has 6 rings (SSSR count). The highest BCUT2D eigenvalue weighted by Gasteiger charge is 2.58. The molecule has 0 spiro atoms. The number of unbranched alkanes of at least 4 members (excludes halogenated alkanes) is 2. The zero-order valence-electron chi connectivity index (χ0n) is 40.8. The minimum Gasteiger partial charge on any atom is -0.394 e. The molecule has 1 amide bonds. The van der Waals surface area contributed by atoms with Crippen molar-refractivity contribution in [3.63, 3.8) is 0 Å². The van der Waals surface area contributed by atoms with E-state index in [0.29, 0.717) is 25.8 Å². The topological polar surface area (TPSA) is 490 Å². The first kappa shape index (κ1) is 62.4. The predicted octanol–water partition coefficient (Wildman–Crippen LogP) is -10.8. The van der Waals surface area contributed by atoms with Gasteiger partial charge in [-0.2, -0.15) is 0 Å². The van der Waals surface area contributed by atoms with Gasteiger partial charge in [0.25, 0.3) is 0 Å². The fraction of sp³-hybridized carbons (Fsp3) is 0.977. The third-order valence-corrected chi connectivity index (χ3v) is 13.9. The molecule has 0 aromatic heterocycles. The SMILES string of the molecule is CC(=O)NC1C(O[C@@H]2OC(CO)[C@H](O)C(O)C2O[C@@H]2OC(C)[C@@H](O)C(O)C2O)C(O)C(CO)O[C@H]1OC1C(O)[C@@H](OC2C(CO)O[C@@H](O[C@H]3C(O)C(O)[C@H](OCCCCCN)O[C@@H]3CF)C(O)C2O)OC(CO)[C@@H]1O. The van der Waals surface area contributed by atoms with Crippen LogP contribution in [0.3, 0.4) is 0 Å². The maximum absolute atomic E-state index is 14.3. The number of nitrogens with two attached hydrogens (primary N) is 1. The van der Waals surface area contributed by atoms with Crippen molar-refractivity contribution in [2.24, 2.45) is 5.73 Å². The number of aliphatic hydroxyl groups is 16. The van der Waals surface area contributed by atoms with E-state index in [0.717, 1.165) is 6.92 Å². The molecule has 6 fully saturated rings. The average Bonchev–Trinajstić information content (AvgIpc) is 3.39. The molecule has 0 bridgehead atoms. The summed E-state index contributed by atoms with van der Waals surface area (Å²) in [5.74, 6) is -0.865. The molecule has 32 heteroatoms. The summed E-state index contributed by atoms with van der Waals surface area (Å²) < 4.78 is 83.1. The summed E-state index contributed by atoms with van der Waals surface area (Å²) in [6.45, 7) is -2.47. The van der Waals surface area contributed by atoms with Gasteiger partial charge in [0.15, 0.2) is 37.7 Å². The Morgan fingerprint density at radius 1 is 0.453 bits per heavy atom. The zero-order valence-corrected chi connectivity index (χ0v) is 40.8. The second kappa shape index (κ2) is 28.1. The van der Waals surface area contributed by atoms with Crippen molar-refractivity contribution in [1.82, 2.24) is 5.32 Å². The molecule has 6 saturated heterocycles. The number of ether oxygens (including phenoxy) is 12. The van der Waals surface area contributed by atoms with Gasteiger partial charge in [-0.3, -0.25) is 4.79 Å². The summed E-state index contributed by atoms with van der Waals surface area (Å²) in [5.41, 5.74) is 5.49. The first-order chi connectivity index (χ1) is 35.7. The minimum absolute atomic E-state index is 0.0705. The van der Waals surface area contributed by atoms with Crippen LogP contribution in [0.25, 0.3) is 0 Å². The standard InChI is InChI=1S/C43H75FN2O29/c1-13-21(52)25(56)29(60)40(65-13)75-37-26(57)22(53)16(9-47)69-43(37)73-35-20(46-14(2)51)38(67-17(10-48)23(35)54)74-36-24(55)18(11-49)68-42(32(36)63)72-34-19(12-50)70-41(31(62)28(34)59)71-33-15(8-44)66-39(30(61)27(33)58)64-7-5-3-4-6-45/h13,15-43,47-50,52-63H,3-12,45H2,1-2H3,(H,46,51)/t13?,15-,16?,17?,18?,19?,20?,21-,22+,23?,24+,25?,26?,27?,28?,29?,30?,31?,32?,33-,34?,35?,36?,37?,38+,39-,40+,41+,42-,43+/m1/s1. The van der Waals surface area contributed by atoms with Crippen LogP contribution in [0.4, 0.5) is 4.39 Å². The van der Waals surface area contributed by atoms with Crippen LogP contribution in [-0.2, 0) is 61.6 Å². The molecule has 19 N–H and O–H groups in total. The van der Waals surface area contributed by atoms with Crippen molar-refractivity contribution in [3.05, 3.63) is 0 Å². The fourth-order valence-electron chi connectivity index (χ4n) is 9.56. The normalized spacial score (nSPS) is 48.9. The quantitative estimate of drug-likeness (QED) is 0.0448. The molecule has 6 aliphatic rings. The van der Waals surface area contributed by atoms with Crippen molar-refractivity contribution in [2.75, 3.05) is 46.3 Å². The number of aliphatic hydroxyl groups excluding tert-OH is 16. The molecule has 438 valence electrons. The van der Waals surface area contributed by atoms with E-state index < -0.39 is 223 Å². The Kier molecular flexibility index (Phi) is 23.4. The Morgan fingerprint density at radius 2 is 0.893 bits per heavy atom. The molecule has 30 atom stereocenters. The lowest BCUT2D eigenvalue weighted by Crippen LogP contribution is -2.70. The van der Waals surface area contributed by atoms with Gasteiger partial charge >= 0.3 is 0 Å². The first-order valence-electron chi connectivity index (χ1n) is 24.6. The molecule has 75 heavy (non-hydrogen) atoms. The maximum atomic E-state index is 14.3. The number of hydrogen-bond acceptors (Lipinski definition) is 30. The molecule has 31 nitrogen and oxygen atoms in total. The van der Waals surface area contributed by atoms with Crippen LogP contribution in [0.15, 0.2) is 0 Å². The third kappa shape index (κ3) is 14.1. The van der Waals surface area contributed by atoms with Gasteiger partial charge in [0.2, 0.25) is 5.91 Å². The number of rotatable bonds is 22. The molecule has 0 saturated carbocycles. The van der Waals surface area contributed by atoms with Crippen molar-refractivity contribution in [2.45, 2.75) is 217 Å². The minimum atomic E-state index is -2.22. The van der Waals surface area contributed by atoms with Gasteiger partial charge in [0.05, 0.1) is 32.5 Å². The first-order valence-corrected chi connectivity index (χ1v) is 24.6. The summed E-state index contributed by atoms with van der Waals surface area (Å²) in [4.78, 5) is 12.8. The van der Waals surface area contributed by atoms with Gasteiger partial charge < -0.3 is 150 Å². The predicted molar refractivity (Wildman–Crippen MR) is 235 cm³/mol. The van der Waals surface area contributed by atoms with Crippen LogP contribution in [0.1, 0.15) is 33.1 Å². The van der Waals surface area contributed by atoms with Gasteiger partial charge in [-0.05, 0) is 32.7 Å². The lowest BCUT2D eigenvalue weighted by Gasteiger charge is -2.51. The number of hydrogen-bond donors (Lipinski definition) is 18. The van der Waals surface area contributed by atoms with Crippen LogP contribution in [0, 0.1) is 0 Å². The van der Waals surface area contributed by atoms with Crippen molar-refractivity contribution < 1.29 is 148 Å². The summed E-state index contributed by atoms with van der Waals surface area (Å²) in [6.07, 6.45) is -52.2. The van der Waals surface area contributed by atoms with Crippen molar-refractivity contribution in [3.8, 4) is 0 Å². The molecule has 0 aromatic carbocycles. The lowest BCUT2D eigenvalue weighted by molar-refractivity contribution is -0.393. The smallest absolute Gasteiger partial charge is 0.217 e. The van der Waals surface area contributed by atoms with E-state index in [1.807, 2.05) is 0 Å². The summed E-state index contributed by atoms with van der Waals surface area (Å²) in [7, 11) is 0. The van der Waals surface area contributed by atoms with Crippen LogP contribution >= 0.6 is 0 Å². The van der Waals surface area contributed by atoms with Crippen molar-refractivity contribution in [1.29, 1.82) is 0 Å². The molecular formula is C43H75FN2O29. The van der Waals surface area contributed by atoms with Crippen LogP contribution in [0.5, 0.6) is 0 Å². The Labute approximate surface area is 427 Å². The zero-order chi connectivity index (χ0) is 55.2. The average molecular weight is 1100 g/mol. The van der Waals surface area contributed by atoms with E-state index in [1.165, 1.54) is 6.92 Å². The van der Waals surface area contributed by atoms with Gasteiger partial charge in [0, 0.05) is 13.5 Å². The van der Waals surface area contributed by atoms with Crippen molar-refractivity contribution >= 4 is 5.91 Å². The monoisotopic (exact) mass is 1100 g/mol. The molecule has 0 aromatic rings. The molecule has 19 unspecified atom stereocenters. The van der Waals surface area contributed by atoms with Gasteiger partial charge in [-0.15, -0.1) is 0 Å². The molecular weight excluding hydrogens is 1030 g/mol. The largest absolute Gasteiger partial charge is 0.394 e. The van der Waals surface area contributed by atoms with Crippen LogP contribution < -0.4 is 11.1 Å². The summed E-state index contributed by atoms with van der Waals surface area (Å²) in [5, 5.41) is 176. The fourth-order valence-corrected chi connectivity index (χ4v) is 9.56.